The molecule has 1 aliphatic heterocycles. The van der Waals surface area contributed by atoms with Crippen molar-refractivity contribution in [2.24, 2.45) is 0 Å². The Hall–Kier alpha value is -1.00. The highest BCUT2D eigenvalue weighted by molar-refractivity contribution is 7.99. The summed E-state index contributed by atoms with van der Waals surface area (Å²) in [6.45, 7) is 9.06. The van der Waals surface area contributed by atoms with Gasteiger partial charge in [-0.3, -0.25) is 0 Å². The first-order chi connectivity index (χ1) is 9.31. The number of benzene rings is 1. The van der Waals surface area contributed by atoms with E-state index in [2.05, 4.69) is 47.6 Å². The number of hydrogen-bond donors (Lipinski definition) is 0. The van der Waals surface area contributed by atoms with Crippen molar-refractivity contribution in [3.05, 3.63) is 24.3 Å². The molecule has 3 nitrogen and oxygen atoms in total. The lowest BCUT2D eigenvalue weighted by atomic mass is 10.2. The Morgan fingerprint density at radius 2 is 2.11 bits per heavy atom. The maximum absolute atomic E-state index is 4.77. The number of thioether (sulfide) groups is 1. The standard InChI is InChI=1S/C15H21N3S/c1-3-17(4-2)11-12-9-10-18-14-8-6-5-7-13(14)16-15(18)19-12/h5-8,12H,3-4,9-11H2,1-2H3. The Morgan fingerprint density at radius 3 is 2.89 bits per heavy atom. The molecule has 0 saturated heterocycles. The van der Waals surface area contributed by atoms with Crippen LogP contribution in [0, 0.1) is 0 Å². The average Bonchev–Trinajstić information content (AvgIpc) is 2.82. The van der Waals surface area contributed by atoms with Gasteiger partial charge in [-0.15, -0.1) is 0 Å². The molecule has 3 rings (SSSR count). The number of nitrogens with zero attached hydrogens (tertiary/aromatic N) is 3. The summed E-state index contributed by atoms with van der Waals surface area (Å²) in [5, 5.41) is 1.88. The third-order valence-corrected chi connectivity index (χ3v) is 5.16. The lowest BCUT2D eigenvalue weighted by Gasteiger charge is -2.28. The topological polar surface area (TPSA) is 21.1 Å². The highest BCUT2D eigenvalue weighted by atomic mass is 32.2. The van der Waals surface area contributed by atoms with E-state index in [0.29, 0.717) is 5.25 Å². The molecule has 0 fully saturated rings. The number of rotatable bonds is 4. The Morgan fingerprint density at radius 1 is 1.32 bits per heavy atom. The van der Waals surface area contributed by atoms with Gasteiger partial charge in [0.2, 0.25) is 0 Å². The van der Waals surface area contributed by atoms with Crippen LogP contribution in [0.25, 0.3) is 11.0 Å². The van der Waals surface area contributed by atoms with Crippen molar-refractivity contribution in [2.75, 3.05) is 19.6 Å². The molecule has 2 aromatic rings. The van der Waals surface area contributed by atoms with Crippen LogP contribution in [0.15, 0.2) is 29.4 Å². The number of aryl methyl sites for hydroxylation is 1. The van der Waals surface area contributed by atoms with Crippen LogP contribution in [0.3, 0.4) is 0 Å². The molecule has 4 heteroatoms. The molecule has 0 N–H and O–H groups in total. The molecule has 1 aromatic heterocycles. The lowest BCUT2D eigenvalue weighted by Crippen LogP contribution is -2.32. The largest absolute Gasteiger partial charge is 0.319 e. The number of hydrogen-bond acceptors (Lipinski definition) is 3. The first-order valence-corrected chi connectivity index (χ1v) is 8.04. The lowest BCUT2D eigenvalue weighted by molar-refractivity contribution is 0.296. The monoisotopic (exact) mass is 275 g/mol. The van der Waals surface area contributed by atoms with Crippen molar-refractivity contribution >= 4 is 22.8 Å². The Bertz CT molecular complexity index is 560. The fraction of sp³-hybridized carbons (Fsp3) is 0.533. The predicted molar refractivity (Wildman–Crippen MR) is 81.8 cm³/mol. The van der Waals surface area contributed by atoms with E-state index in [1.807, 2.05) is 11.8 Å². The maximum atomic E-state index is 4.77. The first-order valence-electron chi connectivity index (χ1n) is 7.16. The van der Waals surface area contributed by atoms with Gasteiger partial charge in [-0.05, 0) is 31.6 Å². The molecule has 1 unspecified atom stereocenters. The number of aromatic nitrogens is 2. The van der Waals surface area contributed by atoms with Gasteiger partial charge in [0.15, 0.2) is 5.16 Å². The van der Waals surface area contributed by atoms with E-state index >= 15 is 0 Å². The summed E-state index contributed by atoms with van der Waals surface area (Å²) in [4.78, 5) is 7.28. The van der Waals surface area contributed by atoms with Gasteiger partial charge < -0.3 is 9.47 Å². The van der Waals surface area contributed by atoms with Crippen molar-refractivity contribution in [1.82, 2.24) is 14.5 Å². The second-order valence-corrected chi connectivity index (χ2v) is 6.32. The fourth-order valence-electron chi connectivity index (χ4n) is 2.74. The molecule has 0 aliphatic carbocycles. The van der Waals surface area contributed by atoms with Crippen LogP contribution in [0.5, 0.6) is 0 Å². The normalized spacial score (nSPS) is 19.0. The van der Waals surface area contributed by atoms with Crippen LogP contribution in [-0.2, 0) is 6.54 Å². The highest BCUT2D eigenvalue weighted by Crippen LogP contribution is 2.33. The third kappa shape index (κ3) is 2.51. The van der Waals surface area contributed by atoms with Crippen LogP contribution in [0.4, 0.5) is 0 Å². The molecule has 19 heavy (non-hydrogen) atoms. The van der Waals surface area contributed by atoms with E-state index < -0.39 is 0 Å². The molecule has 0 radical (unpaired) electrons. The Balaban J connectivity index is 1.80. The minimum absolute atomic E-state index is 0.684. The molecule has 0 amide bonds. The van der Waals surface area contributed by atoms with Crippen LogP contribution in [0.1, 0.15) is 20.3 Å². The molecule has 2 heterocycles. The Labute approximate surface area is 119 Å². The van der Waals surface area contributed by atoms with Crippen molar-refractivity contribution in [3.8, 4) is 0 Å². The smallest absolute Gasteiger partial charge is 0.169 e. The molecule has 102 valence electrons. The summed E-state index contributed by atoms with van der Waals surface area (Å²) >= 11 is 1.95. The zero-order chi connectivity index (χ0) is 13.2. The zero-order valence-electron chi connectivity index (χ0n) is 11.7. The van der Waals surface area contributed by atoms with Gasteiger partial charge in [-0.2, -0.15) is 0 Å². The Kier molecular flexibility index (Phi) is 3.80. The third-order valence-electron chi connectivity index (χ3n) is 3.92. The first kappa shape index (κ1) is 13.0. The van der Waals surface area contributed by atoms with Crippen LogP contribution >= 0.6 is 11.8 Å². The van der Waals surface area contributed by atoms with E-state index in [9.17, 15) is 0 Å². The predicted octanol–water partition coefficient (Wildman–Crippen LogP) is 3.24. The van der Waals surface area contributed by atoms with E-state index in [4.69, 9.17) is 4.98 Å². The summed E-state index contributed by atoms with van der Waals surface area (Å²) < 4.78 is 2.37. The average molecular weight is 275 g/mol. The van der Waals surface area contributed by atoms with Gasteiger partial charge in [-0.25, -0.2) is 4.98 Å². The molecule has 0 saturated carbocycles. The number of fused-ring (bicyclic) bond motifs is 3. The summed E-state index contributed by atoms with van der Waals surface area (Å²) in [6, 6.07) is 8.46. The van der Waals surface area contributed by atoms with E-state index in [1.54, 1.807) is 0 Å². The van der Waals surface area contributed by atoms with Crippen molar-refractivity contribution in [1.29, 1.82) is 0 Å². The molecule has 1 aromatic carbocycles. The van der Waals surface area contributed by atoms with E-state index in [1.165, 1.54) is 23.6 Å². The van der Waals surface area contributed by atoms with Gasteiger partial charge in [0, 0.05) is 18.3 Å². The molecule has 0 bridgehead atoms. The van der Waals surface area contributed by atoms with Crippen LogP contribution in [0.2, 0.25) is 0 Å². The maximum Gasteiger partial charge on any atom is 0.169 e. The summed E-state index contributed by atoms with van der Waals surface area (Å²) in [6.07, 6.45) is 1.24. The van der Waals surface area contributed by atoms with Crippen molar-refractivity contribution < 1.29 is 0 Å². The van der Waals surface area contributed by atoms with Gasteiger partial charge in [0.05, 0.1) is 11.0 Å². The minimum atomic E-state index is 0.684. The molecular formula is C15H21N3S. The quantitative estimate of drug-likeness (QED) is 0.854. The minimum Gasteiger partial charge on any atom is -0.319 e. The zero-order valence-corrected chi connectivity index (χ0v) is 12.5. The van der Waals surface area contributed by atoms with Gasteiger partial charge in [0.25, 0.3) is 0 Å². The molecule has 0 spiro atoms. The van der Waals surface area contributed by atoms with Gasteiger partial charge in [0.1, 0.15) is 0 Å². The fourth-order valence-corrected chi connectivity index (χ4v) is 4.01. The summed E-state index contributed by atoms with van der Waals surface area (Å²) in [5.74, 6) is 0. The summed E-state index contributed by atoms with van der Waals surface area (Å²) in [7, 11) is 0. The molecular weight excluding hydrogens is 254 g/mol. The van der Waals surface area contributed by atoms with E-state index in [-0.39, 0.29) is 0 Å². The number of para-hydroxylation sites is 2. The van der Waals surface area contributed by atoms with Crippen molar-refractivity contribution in [2.45, 2.75) is 37.2 Å². The molecule has 1 atom stereocenters. The van der Waals surface area contributed by atoms with Gasteiger partial charge in [-0.1, -0.05) is 37.7 Å². The van der Waals surface area contributed by atoms with Crippen LogP contribution in [-0.4, -0.2) is 39.3 Å². The summed E-state index contributed by atoms with van der Waals surface area (Å²) in [5.41, 5.74) is 2.42. The SMILES string of the molecule is CCN(CC)CC1CCn2c(nc3ccccc32)S1. The van der Waals surface area contributed by atoms with E-state index in [0.717, 1.165) is 25.2 Å². The van der Waals surface area contributed by atoms with Crippen molar-refractivity contribution in [3.63, 3.8) is 0 Å². The van der Waals surface area contributed by atoms with Gasteiger partial charge >= 0.3 is 0 Å². The number of imidazole rings is 1. The van der Waals surface area contributed by atoms with Crippen LogP contribution < -0.4 is 0 Å². The second-order valence-electron chi connectivity index (χ2n) is 5.05. The highest BCUT2D eigenvalue weighted by Gasteiger charge is 2.23. The molecule has 1 aliphatic rings. The second kappa shape index (κ2) is 5.55.